The van der Waals surface area contributed by atoms with E-state index in [1.54, 1.807) is 32.0 Å². The number of ether oxygens (including phenoxy) is 1. The Labute approximate surface area is 128 Å². The van der Waals surface area contributed by atoms with Crippen LogP contribution >= 0.6 is 11.6 Å². The van der Waals surface area contributed by atoms with Crippen LogP contribution in [-0.2, 0) is 4.79 Å². The second-order valence-corrected chi connectivity index (χ2v) is 5.58. The number of rotatable bonds is 6. The molecule has 0 aliphatic rings. The Hall–Kier alpha value is -1.95. The largest absolute Gasteiger partial charge is 0.493 e. The molecule has 1 aromatic carbocycles. The molecule has 3 N–H and O–H groups in total. The van der Waals surface area contributed by atoms with Gasteiger partial charge in [0.25, 0.3) is 0 Å². The zero-order valence-electron chi connectivity index (χ0n) is 12.2. The van der Waals surface area contributed by atoms with E-state index < -0.39 is 17.5 Å². The molecule has 0 spiro atoms. The standard InChI is InChI=1S/C14H19ClN2O4/c1-14(2,8-7-11(18)19)17-13(20)16-10-6-4-5-9(15)12(10)21-3/h4-6H,7-8H2,1-3H3,(H,18,19)(H2,16,17,20). The molecule has 2 amide bonds. The van der Waals surface area contributed by atoms with Gasteiger partial charge < -0.3 is 20.5 Å². The summed E-state index contributed by atoms with van der Waals surface area (Å²) in [6.07, 6.45) is 0.302. The molecule has 0 aromatic heterocycles. The number of urea groups is 1. The number of nitrogens with one attached hydrogen (secondary N) is 2. The number of para-hydroxylation sites is 1. The number of carbonyl (C=O) groups excluding carboxylic acids is 1. The first-order valence-corrected chi connectivity index (χ1v) is 6.76. The summed E-state index contributed by atoms with van der Waals surface area (Å²) in [5, 5.41) is 14.4. The van der Waals surface area contributed by atoms with Crippen LogP contribution in [0, 0.1) is 0 Å². The number of hydrogen-bond acceptors (Lipinski definition) is 3. The second-order valence-electron chi connectivity index (χ2n) is 5.18. The summed E-state index contributed by atoms with van der Waals surface area (Å²) in [4.78, 5) is 22.6. The summed E-state index contributed by atoms with van der Waals surface area (Å²) in [7, 11) is 1.46. The van der Waals surface area contributed by atoms with Gasteiger partial charge >= 0.3 is 12.0 Å². The van der Waals surface area contributed by atoms with E-state index in [-0.39, 0.29) is 6.42 Å². The molecule has 0 aliphatic carbocycles. The van der Waals surface area contributed by atoms with Crippen LogP contribution in [0.4, 0.5) is 10.5 Å². The molecule has 1 rings (SSSR count). The molecule has 6 nitrogen and oxygen atoms in total. The maximum Gasteiger partial charge on any atom is 0.319 e. The number of hydrogen-bond donors (Lipinski definition) is 3. The Bertz CT molecular complexity index is 532. The molecule has 0 saturated heterocycles. The van der Waals surface area contributed by atoms with Crippen molar-refractivity contribution in [2.45, 2.75) is 32.2 Å². The topological polar surface area (TPSA) is 87.7 Å². The zero-order valence-corrected chi connectivity index (χ0v) is 13.0. The molecular formula is C14H19ClN2O4. The van der Waals surface area contributed by atoms with Crippen molar-refractivity contribution >= 4 is 29.3 Å². The fourth-order valence-corrected chi connectivity index (χ4v) is 2.01. The molecule has 0 heterocycles. The minimum atomic E-state index is -0.901. The van der Waals surface area contributed by atoms with Gasteiger partial charge in [-0.15, -0.1) is 0 Å². The van der Waals surface area contributed by atoms with Gasteiger partial charge in [-0.2, -0.15) is 0 Å². The number of anilines is 1. The highest BCUT2D eigenvalue weighted by atomic mass is 35.5. The van der Waals surface area contributed by atoms with E-state index in [0.29, 0.717) is 22.9 Å². The van der Waals surface area contributed by atoms with Crippen LogP contribution in [0.3, 0.4) is 0 Å². The van der Waals surface area contributed by atoms with Crippen molar-refractivity contribution in [3.63, 3.8) is 0 Å². The van der Waals surface area contributed by atoms with Gasteiger partial charge in [0.2, 0.25) is 0 Å². The smallest absolute Gasteiger partial charge is 0.319 e. The van der Waals surface area contributed by atoms with E-state index in [1.165, 1.54) is 7.11 Å². The highest BCUT2D eigenvalue weighted by molar-refractivity contribution is 6.32. The van der Waals surface area contributed by atoms with Crippen LogP contribution in [-0.4, -0.2) is 29.8 Å². The van der Waals surface area contributed by atoms with Crippen molar-refractivity contribution in [1.82, 2.24) is 5.32 Å². The SMILES string of the molecule is COc1c(Cl)cccc1NC(=O)NC(C)(C)CCC(=O)O. The molecule has 1 aromatic rings. The summed E-state index contributed by atoms with van der Waals surface area (Å²) in [5.74, 6) is -0.528. The van der Waals surface area contributed by atoms with Gasteiger partial charge in [-0.05, 0) is 32.4 Å². The molecule has 7 heteroatoms. The number of carboxylic acids is 1. The first-order valence-electron chi connectivity index (χ1n) is 6.38. The number of aliphatic carboxylic acids is 1. The van der Waals surface area contributed by atoms with E-state index in [4.69, 9.17) is 21.4 Å². The molecule has 0 fully saturated rings. The number of carbonyl (C=O) groups is 2. The Balaban J connectivity index is 2.69. The van der Waals surface area contributed by atoms with Crippen LogP contribution in [0.5, 0.6) is 5.75 Å². The van der Waals surface area contributed by atoms with Crippen molar-refractivity contribution in [1.29, 1.82) is 0 Å². The number of amides is 2. The van der Waals surface area contributed by atoms with Crippen LogP contribution in [0.25, 0.3) is 0 Å². The van der Waals surface area contributed by atoms with Crippen LogP contribution in [0.2, 0.25) is 5.02 Å². The summed E-state index contributed by atoms with van der Waals surface area (Å²) < 4.78 is 5.13. The highest BCUT2D eigenvalue weighted by Crippen LogP contribution is 2.32. The molecule has 0 saturated carbocycles. The number of methoxy groups -OCH3 is 1. The average Bonchev–Trinajstić information content (AvgIpc) is 2.36. The molecule has 21 heavy (non-hydrogen) atoms. The van der Waals surface area contributed by atoms with Crippen molar-refractivity contribution in [2.75, 3.05) is 12.4 Å². The maximum absolute atomic E-state index is 12.0. The third-order valence-electron chi connectivity index (χ3n) is 2.84. The summed E-state index contributed by atoms with van der Waals surface area (Å²) in [5.41, 5.74) is -0.203. The van der Waals surface area contributed by atoms with Gasteiger partial charge in [0.05, 0.1) is 17.8 Å². The molecule has 116 valence electrons. The van der Waals surface area contributed by atoms with Gasteiger partial charge in [0.15, 0.2) is 5.75 Å². The molecule has 0 unspecified atom stereocenters. The van der Waals surface area contributed by atoms with Crippen LogP contribution < -0.4 is 15.4 Å². The molecule has 0 bridgehead atoms. The lowest BCUT2D eigenvalue weighted by Gasteiger charge is -2.26. The first kappa shape index (κ1) is 17.1. The summed E-state index contributed by atoms with van der Waals surface area (Å²) in [6, 6.07) is 4.55. The van der Waals surface area contributed by atoms with Crippen LogP contribution in [0.1, 0.15) is 26.7 Å². The number of halogens is 1. The highest BCUT2D eigenvalue weighted by Gasteiger charge is 2.22. The van der Waals surface area contributed by atoms with E-state index in [9.17, 15) is 9.59 Å². The van der Waals surface area contributed by atoms with E-state index in [1.807, 2.05) is 0 Å². The summed E-state index contributed by atoms with van der Waals surface area (Å²) >= 11 is 5.97. The normalized spacial score (nSPS) is 10.9. The van der Waals surface area contributed by atoms with Gasteiger partial charge in [-0.25, -0.2) is 4.79 Å². The molecular weight excluding hydrogens is 296 g/mol. The van der Waals surface area contributed by atoms with Crippen LogP contribution in [0.15, 0.2) is 18.2 Å². The lowest BCUT2D eigenvalue weighted by molar-refractivity contribution is -0.137. The lowest BCUT2D eigenvalue weighted by Crippen LogP contribution is -2.45. The minimum Gasteiger partial charge on any atom is -0.493 e. The Morgan fingerprint density at radius 2 is 2.05 bits per heavy atom. The average molecular weight is 315 g/mol. The van der Waals surface area contributed by atoms with Gasteiger partial charge in [0, 0.05) is 12.0 Å². The van der Waals surface area contributed by atoms with E-state index in [2.05, 4.69) is 10.6 Å². The number of benzene rings is 1. The lowest BCUT2D eigenvalue weighted by atomic mass is 9.99. The Kier molecular flexibility index (Phi) is 5.84. The van der Waals surface area contributed by atoms with E-state index >= 15 is 0 Å². The fraction of sp³-hybridized carbons (Fsp3) is 0.429. The van der Waals surface area contributed by atoms with Crippen molar-refractivity contribution in [3.8, 4) is 5.75 Å². The minimum absolute atomic E-state index is 0.0201. The predicted molar refractivity (Wildman–Crippen MR) is 81.1 cm³/mol. The fourth-order valence-electron chi connectivity index (χ4n) is 1.76. The van der Waals surface area contributed by atoms with Crippen molar-refractivity contribution < 1.29 is 19.4 Å². The van der Waals surface area contributed by atoms with Gasteiger partial charge in [-0.1, -0.05) is 17.7 Å². The Morgan fingerprint density at radius 1 is 1.38 bits per heavy atom. The first-order chi connectivity index (χ1) is 9.75. The molecule has 0 radical (unpaired) electrons. The Morgan fingerprint density at radius 3 is 2.62 bits per heavy atom. The zero-order chi connectivity index (χ0) is 16.0. The van der Waals surface area contributed by atoms with E-state index in [0.717, 1.165) is 0 Å². The molecule has 0 aliphatic heterocycles. The third kappa shape index (κ3) is 5.51. The molecule has 0 atom stereocenters. The second kappa shape index (κ2) is 7.17. The quantitative estimate of drug-likeness (QED) is 0.753. The number of carboxylic acid groups (broad SMARTS) is 1. The summed E-state index contributed by atoms with van der Waals surface area (Å²) in [6.45, 7) is 3.51. The van der Waals surface area contributed by atoms with Gasteiger partial charge in [0.1, 0.15) is 0 Å². The maximum atomic E-state index is 12.0. The van der Waals surface area contributed by atoms with Crippen molar-refractivity contribution in [3.05, 3.63) is 23.2 Å². The predicted octanol–water partition coefficient (Wildman–Crippen LogP) is 3.11. The van der Waals surface area contributed by atoms with Crippen molar-refractivity contribution in [2.24, 2.45) is 0 Å². The van der Waals surface area contributed by atoms with Gasteiger partial charge in [-0.3, -0.25) is 4.79 Å². The third-order valence-corrected chi connectivity index (χ3v) is 3.13. The monoisotopic (exact) mass is 314 g/mol.